The van der Waals surface area contributed by atoms with Gasteiger partial charge in [-0.05, 0) is 42.8 Å². The fourth-order valence-electron chi connectivity index (χ4n) is 5.60. The van der Waals surface area contributed by atoms with Crippen LogP contribution in [0.4, 0.5) is 0 Å². The molecule has 0 radical (unpaired) electrons. The van der Waals surface area contributed by atoms with Crippen LogP contribution in [-0.4, -0.2) is 92.1 Å². The van der Waals surface area contributed by atoms with Crippen molar-refractivity contribution in [1.82, 2.24) is 30.0 Å². The molecule has 1 N–H and O–H groups in total. The summed E-state index contributed by atoms with van der Waals surface area (Å²) in [5, 5.41) is 22.3. The maximum atomic E-state index is 13.7. The zero-order valence-corrected chi connectivity index (χ0v) is 18.4. The Morgan fingerprint density at radius 3 is 2.90 bits per heavy atom. The Kier molecular flexibility index (Phi) is 4.92. The zero-order valence-electron chi connectivity index (χ0n) is 17.6. The Hall–Kier alpha value is -1.88. The minimum atomic E-state index is -0.380. The quantitative estimate of drug-likeness (QED) is 0.749. The summed E-state index contributed by atoms with van der Waals surface area (Å²) in [6.07, 6.45) is 2.67. The van der Waals surface area contributed by atoms with Crippen LogP contribution in [0.15, 0.2) is 6.33 Å². The highest BCUT2D eigenvalue weighted by atomic mass is 32.1. The zero-order chi connectivity index (χ0) is 21.0. The predicted octanol–water partition coefficient (Wildman–Crippen LogP) is 0.884. The molecule has 162 valence electrons. The molecule has 3 saturated heterocycles. The van der Waals surface area contributed by atoms with Crippen molar-refractivity contribution >= 4 is 17.2 Å². The highest BCUT2D eigenvalue weighted by Gasteiger charge is 2.62. The molecule has 0 saturated carbocycles. The van der Waals surface area contributed by atoms with Crippen LogP contribution in [0.3, 0.4) is 0 Å². The van der Waals surface area contributed by atoms with Crippen molar-refractivity contribution in [2.45, 2.75) is 38.9 Å². The van der Waals surface area contributed by atoms with Gasteiger partial charge in [0.2, 0.25) is 0 Å². The number of tetrazole rings is 1. The second-order valence-corrected chi connectivity index (χ2v) is 10.0. The number of nitrogens with zero attached hydrogens (tertiary/aromatic N) is 6. The van der Waals surface area contributed by atoms with Gasteiger partial charge in [0.25, 0.3) is 5.91 Å². The SMILES string of the molecule is CCCN1C[C@H]2O[C@]3(C1)CN(C(=O)c1c(-n4cnnn4)sc(C)c1C)C[C@@H]3[C@@H]2CO. The Balaban J connectivity index is 1.46. The maximum absolute atomic E-state index is 13.7. The number of ether oxygens (including phenoxy) is 1. The minimum absolute atomic E-state index is 0.00409. The number of hydrogen-bond acceptors (Lipinski definition) is 8. The second kappa shape index (κ2) is 7.37. The summed E-state index contributed by atoms with van der Waals surface area (Å²) in [5.74, 6) is 0.236. The van der Waals surface area contributed by atoms with E-state index in [1.165, 1.54) is 17.7 Å². The highest BCUT2D eigenvalue weighted by Crippen LogP contribution is 2.49. The van der Waals surface area contributed by atoms with Gasteiger partial charge in [0.15, 0.2) is 0 Å². The lowest BCUT2D eigenvalue weighted by Gasteiger charge is -2.40. The molecule has 3 aliphatic heterocycles. The molecule has 2 aromatic heterocycles. The Morgan fingerprint density at radius 1 is 1.37 bits per heavy atom. The third-order valence-electron chi connectivity index (χ3n) is 7.04. The minimum Gasteiger partial charge on any atom is -0.396 e. The van der Waals surface area contributed by atoms with Crippen molar-refractivity contribution < 1.29 is 14.6 Å². The smallest absolute Gasteiger partial charge is 0.257 e. The lowest BCUT2D eigenvalue weighted by molar-refractivity contribution is -0.115. The number of amides is 1. The molecule has 0 aliphatic carbocycles. The first-order valence-corrected chi connectivity index (χ1v) is 11.4. The van der Waals surface area contributed by atoms with E-state index in [2.05, 4.69) is 27.3 Å². The molecule has 2 aromatic rings. The van der Waals surface area contributed by atoms with E-state index in [0.717, 1.165) is 41.5 Å². The summed E-state index contributed by atoms with van der Waals surface area (Å²) in [6.45, 7) is 10.2. The average Bonchev–Trinajstić information content (AvgIpc) is 3.45. The van der Waals surface area contributed by atoms with Gasteiger partial charge in [0.1, 0.15) is 16.9 Å². The van der Waals surface area contributed by atoms with Gasteiger partial charge in [-0.25, -0.2) is 0 Å². The maximum Gasteiger partial charge on any atom is 0.257 e. The number of carbonyl (C=O) groups is 1. The summed E-state index contributed by atoms with van der Waals surface area (Å²) < 4.78 is 8.08. The molecule has 2 bridgehead atoms. The molecule has 10 heteroatoms. The van der Waals surface area contributed by atoms with Crippen LogP contribution < -0.4 is 0 Å². The lowest BCUT2D eigenvalue weighted by atomic mass is 9.83. The molecule has 0 aromatic carbocycles. The summed E-state index contributed by atoms with van der Waals surface area (Å²) in [5.41, 5.74) is 1.26. The van der Waals surface area contributed by atoms with Crippen LogP contribution in [0.2, 0.25) is 0 Å². The molecule has 9 nitrogen and oxygen atoms in total. The van der Waals surface area contributed by atoms with Gasteiger partial charge < -0.3 is 14.7 Å². The topological polar surface area (TPSA) is 96.6 Å². The molecule has 0 unspecified atom stereocenters. The first-order valence-electron chi connectivity index (χ1n) is 10.6. The van der Waals surface area contributed by atoms with Crippen LogP contribution in [0.1, 0.15) is 34.1 Å². The number of hydrogen-bond donors (Lipinski definition) is 1. The van der Waals surface area contributed by atoms with Gasteiger partial charge in [-0.2, -0.15) is 4.68 Å². The molecule has 3 fully saturated rings. The van der Waals surface area contributed by atoms with Gasteiger partial charge in [-0.3, -0.25) is 9.69 Å². The number of aryl methyl sites for hydroxylation is 1. The van der Waals surface area contributed by atoms with Crippen molar-refractivity contribution in [3.8, 4) is 5.00 Å². The van der Waals surface area contributed by atoms with Gasteiger partial charge >= 0.3 is 0 Å². The summed E-state index contributed by atoms with van der Waals surface area (Å²) >= 11 is 1.53. The monoisotopic (exact) mass is 432 g/mol. The lowest BCUT2D eigenvalue weighted by Crippen LogP contribution is -2.54. The molecular weight excluding hydrogens is 404 g/mol. The van der Waals surface area contributed by atoms with Crippen LogP contribution >= 0.6 is 11.3 Å². The van der Waals surface area contributed by atoms with E-state index < -0.39 is 0 Å². The van der Waals surface area contributed by atoms with Crippen LogP contribution in [-0.2, 0) is 4.74 Å². The normalized spacial score (nSPS) is 30.8. The number of thiophene rings is 1. The van der Waals surface area contributed by atoms with E-state index in [9.17, 15) is 9.90 Å². The van der Waals surface area contributed by atoms with E-state index in [1.54, 1.807) is 4.68 Å². The predicted molar refractivity (Wildman–Crippen MR) is 111 cm³/mol. The summed E-state index contributed by atoms with van der Waals surface area (Å²) in [7, 11) is 0. The van der Waals surface area contributed by atoms with Crippen molar-refractivity contribution in [3.05, 3.63) is 22.3 Å². The average molecular weight is 433 g/mol. The summed E-state index contributed by atoms with van der Waals surface area (Å²) in [4.78, 5) is 19.1. The first-order chi connectivity index (χ1) is 14.5. The fourth-order valence-corrected chi connectivity index (χ4v) is 6.67. The highest BCUT2D eigenvalue weighted by molar-refractivity contribution is 7.15. The van der Waals surface area contributed by atoms with Gasteiger partial charge in [0, 0.05) is 43.0 Å². The molecule has 4 atom stereocenters. The molecular formula is C20H28N6O3S. The molecule has 1 amide bonds. The third kappa shape index (κ3) is 2.92. The number of aliphatic hydroxyl groups is 1. The number of fused-ring (bicyclic) bond motifs is 1. The van der Waals surface area contributed by atoms with Gasteiger partial charge in [-0.15, -0.1) is 16.4 Å². The van der Waals surface area contributed by atoms with E-state index in [1.807, 2.05) is 18.7 Å². The third-order valence-corrected chi connectivity index (χ3v) is 8.23. The molecule has 3 aliphatic rings. The molecule has 5 heterocycles. The largest absolute Gasteiger partial charge is 0.396 e. The Bertz CT molecular complexity index is 947. The van der Waals surface area contributed by atoms with E-state index in [4.69, 9.17) is 4.74 Å². The van der Waals surface area contributed by atoms with Gasteiger partial charge in [0.05, 0.1) is 18.2 Å². The molecule has 5 rings (SSSR count). The van der Waals surface area contributed by atoms with E-state index in [-0.39, 0.29) is 36.1 Å². The second-order valence-electron chi connectivity index (χ2n) is 8.81. The number of likely N-dealkylation sites (tertiary alicyclic amines) is 2. The molecule has 30 heavy (non-hydrogen) atoms. The molecule has 1 spiro atoms. The number of morpholine rings is 1. The van der Waals surface area contributed by atoms with Crippen molar-refractivity contribution in [3.63, 3.8) is 0 Å². The van der Waals surface area contributed by atoms with Crippen LogP contribution in [0.5, 0.6) is 0 Å². The first kappa shape index (κ1) is 20.0. The number of aliphatic hydroxyl groups excluding tert-OH is 1. The fraction of sp³-hybridized carbons (Fsp3) is 0.700. The Labute approximate surface area is 179 Å². The van der Waals surface area contributed by atoms with Crippen LogP contribution in [0, 0.1) is 25.7 Å². The van der Waals surface area contributed by atoms with E-state index in [0.29, 0.717) is 18.7 Å². The number of rotatable bonds is 5. The van der Waals surface area contributed by atoms with E-state index >= 15 is 0 Å². The van der Waals surface area contributed by atoms with Crippen LogP contribution in [0.25, 0.3) is 5.00 Å². The van der Waals surface area contributed by atoms with Crippen molar-refractivity contribution in [2.75, 3.05) is 39.3 Å². The standard InChI is InChI=1S/C20H28N6O3S/c1-4-5-24-7-16-14(8-27)15-6-25(10-20(15,9-24)29-16)18(28)17-12(2)13(3)30-19(17)26-11-21-22-23-26/h11,14-16,27H,4-10H2,1-3H3/t14-,15+,16+,20+/m0/s1. The summed E-state index contributed by atoms with van der Waals surface area (Å²) in [6, 6.07) is 0. The van der Waals surface area contributed by atoms with Gasteiger partial charge in [-0.1, -0.05) is 6.92 Å². The number of carbonyl (C=O) groups excluding carboxylic acids is 1. The van der Waals surface area contributed by atoms with Crippen molar-refractivity contribution in [2.24, 2.45) is 11.8 Å². The van der Waals surface area contributed by atoms with Crippen molar-refractivity contribution in [1.29, 1.82) is 0 Å². The Morgan fingerprint density at radius 2 is 2.20 bits per heavy atom. The number of aromatic nitrogens is 4.